The van der Waals surface area contributed by atoms with Crippen LogP contribution in [0.25, 0.3) is 0 Å². The third-order valence-corrected chi connectivity index (χ3v) is 4.50. The summed E-state index contributed by atoms with van der Waals surface area (Å²) in [6.45, 7) is 1.27. The minimum atomic E-state index is -4.09. The molecule has 2 N–H and O–H groups in total. The lowest BCUT2D eigenvalue weighted by Gasteiger charge is -2.11. The zero-order valence-electron chi connectivity index (χ0n) is 13.4. The lowest BCUT2D eigenvalue weighted by molar-refractivity contribution is -0.114. The van der Waals surface area contributed by atoms with Crippen molar-refractivity contribution < 1.29 is 27.1 Å². The number of halogens is 1. The second-order valence-corrected chi connectivity index (χ2v) is 6.68. The standard InChI is InChI=1S/C16H15FN2O5S/c1-10(20)18-12-5-8-14(17)15(9-12)19-25(22,23)13-6-3-11(4-7-13)16(21)24-2/h3-9,19H,1-2H3,(H,18,20). The van der Waals surface area contributed by atoms with Gasteiger partial charge in [-0.1, -0.05) is 0 Å². The number of sulfonamides is 1. The van der Waals surface area contributed by atoms with Gasteiger partial charge < -0.3 is 10.1 Å². The van der Waals surface area contributed by atoms with Crippen LogP contribution in [0.3, 0.4) is 0 Å². The highest BCUT2D eigenvalue weighted by molar-refractivity contribution is 7.92. The van der Waals surface area contributed by atoms with Crippen LogP contribution in [-0.4, -0.2) is 27.4 Å². The zero-order chi connectivity index (χ0) is 18.6. The summed E-state index contributed by atoms with van der Waals surface area (Å²) in [5, 5.41) is 2.43. The Kier molecular flexibility index (Phi) is 5.38. The van der Waals surface area contributed by atoms with Gasteiger partial charge in [0.15, 0.2) is 0 Å². The molecule has 1 amide bonds. The van der Waals surface area contributed by atoms with Crippen molar-refractivity contribution >= 4 is 33.3 Å². The number of hydrogen-bond acceptors (Lipinski definition) is 5. The number of esters is 1. The van der Waals surface area contributed by atoms with Crippen molar-refractivity contribution in [3.05, 3.63) is 53.8 Å². The fourth-order valence-corrected chi connectivity index (χ4v) is 3.03. The summed E-state index contributed by atoms with van der Waals surface area (Å²) in [5.74, 6) is -1.78. The molecule has 2 aromatic rings. The van der Waals surface area contributed by atoms with Crippen LogP contribution in [0, 0.1) is 5.82 Å². The average Bonchev–Trinajstić information content (AvgIpc) is 2.56. The summed E-state index contributed by atoms with van der Waals surface area (Å²) in [7, 11) is -2.88. The van der Waals surface area contributed by atoms with E-state index in [4.69, 9.17) is 0 Å². The molecule has 0 aromatic heterocycles. The van der Waals surface area contributed by atoms with Gasteiger partial charge in [-0.25, -0.2) is 17.6 Å². The topological polar surface area (TPSA) is 102 Å². The Morgan fingerprint density at radius 1 is 1.08 bits per heavy atom. The monoisotopic (exact) mass is 366 g/mol. The van der Waals surface area contributed by atoms with Crippen molar-refractivity contribution in [3.63, 3.8) is 0 Å². The van der Waals surface area contributed by atoms with Crippen LogP contribution in [0.2, 0.25) is 0 Å². The quantitative estimate of drug-likeness (QED) is 0.791. The van der Waals surface area contributed by atoms with Crippen LogP contribution >= 0.6 is 0 Å². The number of ether oxygens (including phenoxy) is 1. The van der Waals surface area contributed by atoms with Gasteiger partial charge in [0.2, 0.25) is 5.91 Å². The van der Waals surface area contributed by atoms with Gasteiger partial charge in [0.1, 0.15) is 5.82 Å². The third-order valence-electron chi connectivity index (χ3n) is 3.12. The molecular formula is C16H15FN2O5S. The van der Waals surface area contributed by atoms with Crippen molar-refractivity contribution in [1.82, 2.24) is 0 Å². The predicted molar refractivity (Wildman–Crippen MR) is 89.3 cm³/mol. The molecule has 0 bridgehead atoms. The van der Waals surface area contributed by atoms with E-state index in [-0.39, 0.29) is 27.7 Å². The van der Waals surface area contributed by atoms with Crippen LogP contribution in [-0.2, 0) is 19.6 Å². The van der Waals surface area contributed by atoms with Gasteiger partial charge >= 0.3 is 5.97 Å². The average molecular weight is 366 g/mol. The van der Waals surface area contributed by atoms with Crippen molar-refractivity contribution in [1.29, 1.82) is 0 Å². The number of methoxy groups -OCH3 is 1. The maximum Gasteiger partial charge on any atom is 0.337 e. The molecule has 7 nitrogen and oxygen atoms in total. The van der Waals surface area contributed by atoms with Crippen molar-refractivity contribution in [3.8, 4) is 0 Å². The first-order valence-corrected chi connectivity index (χ1v) is 8.49. The Labute approximate surface area is 143 Å². The molecule has 0 radical (unpaired) electrons. The van der Waals surface area contributed by atoms with Gasteiger partial charge in [-0.3, -0.25) is 9.52 Å². The second kappa shape index (κ2) is 7.31. The summed E-state index contributed by atoms with van der Waals surface area (Å²) in [5.41, 5.74) is 0.108. The Morgan fingerprint density at radius 3 is 2.28 bits per heavy atom. The molecule has 0 heterocycles. The number of hydrogen-bond donors (Lipinski definition) is 2. The van der Waals surface area contributed by atoms with Crippen LogP contribution < -0.4 is 10.0 Å². The number of benzene rings is 2. The van der Waals surface area contributed by atoms with Gasteiger partial charge in [0.25, 0.3) is 10.0 Å². The number of nitrogens with one attached hydrogen (secondary N) is 2. The molecule has 9 heteroatoms. The first kappa shape index (κ1) is 18.4. The van der Waals surface area contributed by atoms with E-state index in [0.717, 1.165) is 12.1 Å². The Bertz CT molecular complexity index is 911. The van der Waals surface area contributed by atoms with E-state index < -0.39 is 21.8 Å². The Balaban J connectivity index is 2.29. The van der Waals surface area contributed by atoms with E-state index in [1.54, 1.807) is 0 Å². The van der Waals surface area contributed by atoms with Gasteiger partial charge in [0, 0.05) is 12.6 Å². The number of rotatable bonds is 5. The van der Waals surface area contributed by atoms with Gasteiger partial charge in [-0.2, -0.15) is 0 Å². The van der Waals surface area contributed by atoms with Crippen molar-refractivity contribution in [2.45, 2.75) is 11.8 Å². The van der Waals surface area contributed by atoms with Crippen molar-refractivity contribution in [2.24, 2.45) is 0 Å². The van der Waals surface area contributed by atoms with Crippen LogP contribution in [0.1, 0.15) is 17.3 Å². The zero-order valence-corrected chi connectivity index (χ0v) is 14.2. The van der Waals surface area contributed by atoms with E-state index in [0.29, 0.717) is 0 Å². The summed E-state index contributed by atoms with van der Waals surface area (Å²) >= 11 is 0. The lowest BCUT2D eigenvalue weighted by Crippen LogP contribution is -2.15. The van der Waals surface area contributed by atoms with Gasteiger partial charge in [0.05, 0.1) is 23.3 Å². The first-order chi connectivity index (χ1) is 11.7. The molecule has 0 aliphatic heterocycles. The smallest absolute Gasteiger partial charge is 0.337 e. The SMILES string of the molecule is COC(=O)c1ccc(S(=O)(=O)Nc2cc(NC(C)=O)ccc2F)cc1. The molecule has 0 aliphatic rings. The molecule has 25 heavy (non-hydrogen) atoms. The van der Waals surface area contributed by atoms with E-state index in [1.165, 1.54) is 44.4 Å². The minimum absolute atomic E-state index is 0.163. The minimum Gasteiger partial charge on any atom is -0.465 e. The summed E-state index contributed by atoms with van der Waals surface area (Å²) in [6, 6.07) is 8.46. The second-order valence-electron chi connectivity index (χ2n) is 5.00. The fourth-order valence-electron chi connectivity index (χ4n) is 1.98. The largest absolute Gasteiger partial charge is 0.465 e. The number of anilines is 2. The number of amides is 1. The van der Waals surface area contributed by atoms with E-state index >= 15 is 0 Å². The highest BCUT2D eigenvalue weighted by atomic mass is 32.2. The maximum absolute atomic E-state index is 13.9. The summed E-state index contributed by atoms with van der Waals surface area (Å²) in [6.07, 6.45) is 0. The van der Waals surface area contributed by atoms with E-state index in [1.807, 2.05) is 0 Å². The van der Waals surface area contributed by atoms with Gasteiger partial charge in [-0.05, 0) is 42.5 Å². The molecule has 0 saturated carbocycles. The molecule has 2 rings (SSSR count). The fraction of sp³-hybridized carbons (Fsp3) is 0.125. The molecule has 0 aliphatic carbocycles. The number of carbonyl (C=O) groups excluding carboxylic acids is 2. The van der Waals surface area contributed by atoms with Crippen LogP contribution in [0.5, 0.6) is 0 Å². The van der Waals surface area contributed by atoms with Crippen LogP contribution in [0.4, 0.5) is 15.8 Å². The van der Waals surface area contributed by atoms with E-state index in [2.05, 4.69) is 14.8 Å². The molecule has 0 fully saturated rings. The number of carbonyl (C=O) groups is 2. The highest BCUT2D eigenvalue weighted by Crippen LogP contribution is 2.23. The highest BCUT2D eigenvalue weighted by Gasteiger charge is 2.18. The first-order valence-electron chi connectivity index (χ1n) is 7.01. The summed E-state index contributed by atoms with van der Waals surface area (Å²) in [4.78, 5) is 22.2. The molecule has 132 valence electrons. The lowest BCUT2D eigenvalue weighted by atomic mass is 10.2. The molecule has 2 aromatic carbocycles. The molecule has 0 unspecified atom stereocenters. The van der Waals surface area contributed by atoms with Crippen molar-refractivity contribution in [2.75, 3.05) is 17.1 Å². The van der Waals surface area contributed by atoms with E-state index in [9.17, 15) is 22.4 Å². The van der Waals surface area contributed by atoms with Crippen LogP contribution in [0.15, 0.2) is 47.4 Å². The third kappa shape index (κ3) is 4.54. The Hall–Kier alpha value is -2.94. The normalized spacial score (nSPS) is 10.8. The predicted octanol–water partition coefficient (Wildman–Crippen LogP) is 2.37. The molecular weight excluding hydrogens is 351 g/mol. The molecule has 0 spiro atoms. The summed E-state index contributed by atoms with van der Waals surface area (Å²) < 4.78 is 45.2. The van der Waals surface area contributed by atoms with Gasteiger partial charge in [-0.15, -0.1) is 0 Å². The molecule has 0 saturated heterocycles. The maximum atomic E-state index is 13.9. The Morgan fingerprint density at radius 2 is 1.72 bits per heavy atom. The molecule has 0 atom stereocenters.